The molecule has 2 aliphatic carbocycles. The summed E-state index contributed by atoms with van der Waals surface area (Å²) in [5.74, 6) is 1.00. The van der Waals surface area contributed by atoms with Gasteiger partial charge in [0.25, 0.3) is 0 Å². The molecule has 0 atom stereocenters. The van der Waals surface area contributed by atoms with Crippen LogP contribution in [-0.2, 0) is 6.54 Å². The lowest BCUT2D eigenvalue weighted by atomic mass is 10.2. The zero-order valence-electron chi connectivity index (χ0n) is 9.53. The third-order valence-corrected chi connectivity index (χ3v) is 4.36. The summed E-state index contributed by atoms with van der Waals surface area (Å²) < 4.78 is 1.26. The Bertz CT molecular complexity index is 369. The normalized spacial score (nSPS) is 20.4. The van der Waals surface area contributed by atoms with Crippen LogP contribution in [-0.4, -0.2) is 17.5 Å². The van der Waals surface area contributed by atoms with Gasteiger partial charge in [-0.1, -0.05) is 34.1 Å². The first kappa shape index (κ1) is 10.8. The highest BCUT2D eigenvalue weighted by molar-refractivity contribution is 9.10. The smallest absolute Gasteiger partial charge is 0.0247 e. The van der Waals surface area contributed by atoms with E-state index >= 15 is 0 Å². The van der Waals surface area contributed by atoms with Crippen molar-refractivity contribution in [2.24, 2.45) is 5.92 Å². The zero-order chi connectivity index (χ0) is 11.0. The maximum absolute atomic E-state index is 3.65. The number of rotatable bonds is 5. The molecule has 2 aliphatic rings. The van der Waals surface area contributed by atoms with Gasteiger partial charge in [0, 0.05) is 23.6 Å². The van der Waals surface area contributed by atoms with Crippen LogP contribution in [0.3, 0.4) is 0 Å². The van der Waals surface area contributed by atoms with E-state index in [1.807, 2.05) is 0 Å². The molecule has 1 nitrogen and oxygen atoms in total. The molecular weight excluding hydrogens is 262 g/mol. The molecule has 2 fully saturated rings. The number of halogens is 1. The van der Waals surface area contributed by atoms with Crippen molar-refractivity contribution in [1.82, 2.24) is 4.90 Å². The van der Waals surface area contributed by atoms with E-state index in [9.17, 15) is 0 Å². The largest absolute Gasteiger partial charge is 0.296 e. The molecule has 0 heterocycles. The molecule has 0 bridgehead atoms. The number of hydrogen-bond donors (Lipinski definition) is 0. The maximum atomic E-state index is 3.65. The van der Waals surface area contributed by atoms with Crippen LogP contribution >= 0.6 is 15.9 Å². The lowest BCUT2D eigenvalue weighted by molar-refractivity contribution is 0.243. The first-order valence-corrected chi connectivity index (χ1v) is 7.09. The molecule has 86 valence electrons. The molecule has 0 amide bonds. The van der Waals surface area contributed by atoms with Crippen LogP contribution in [0.4, 0.5) is 0 Å². The van der Waals surface area contributed by atoms with Gasteiger partial charge in [0.2, 0.25) is 0 Å². The lowest BCUT2D eigenvalue weighted by Crippen LogP contribution is -2.27. The topological polar surface area (TPSA) is 3.24 Å². The van der Waals surface area contributed by atoms with Gasteiger partial charge in [-0.2, -0.15) is 0 Å². The molecule has 0 aliphatic heterocycles. The van der Waals surface area contributed by atoms with E-state index in [1.54, 1.807) is 0 Å². The fourth-order valence-corrected chi connectivity index (χ4v) is 2.67. The van der Waals surface area contributed by atoms with E-state index in [2.05, 4.69) is 45.1 Å². The molecule has 0 radical (unpaired) electrons. The summed E-state index contributed by atoms with van der Waals surface area (Å²) in [6.07, 6.45) is 5.74. The van der Waals surface area contributed by atoms with Crippen LogP contribution in [0.25, 0.3) is 0 Å². The summed E-state index contributed by atoms with van der Waals surface area (Å²) in [6.45, 7) is 2.45. The molecule has 2 heteroatoms. The van der Waals surface area contributed by atoms with Crippen LogP contribution in [0.15, 0.2) is 28.7 Å². The first-order chi connectivity index (χ1) is 7.83. The van der Waals surface area contributed by atoms with E-state index in [1.165, 1.54) is 42.3 Å². The summed E-state index contributed by atoms with van der Waals surface area (Å²) in [5, 5.41) is 0. The van der Waals surface area contributed by atoms with Gasteiger partial charge in [-0.3, -0.25) is 4.90 Å². The van der Waals surface area contributed by atoms with Crippen molar-refractivity contribution in [3.63, 3.8) is 0 Å². The summed E-state index contributed by atoms with van der Waals surface area (Å²) in [7, 11) is 0. The molecular formula is C14H18BrN. The van der Waals surface area contributed by atoms with E-state index in [0.717, 1.165) is 18.5 Å². The van der Waals surface area contributed by atoms with Crippen molar-refractivity contribution < 1.29 is 0 Å². The van der Waals surface area contributed by atoms with Crippen molar-refractivity contribution in [2.45, 2.75) is 38.3 Å². The molecule has 2 saturated carbocycles. The highest BCUT2D eigenvalue weighted by Gasteiger charge is 2.33. The fourth-order valence-electron chi connectivity index (χ4n) is 2.26. The summed E-state index contributed by atoms with van der Waals surface area (Å²) >= 11 is 3.65. The number of hydrogen-bond acceptors (Lipinski definition) is 1. The minimum Gasteiger partial charge on any atom is -0.296 e. The number of nitrogens with zero attached hydrogens (tertiary/aromatic N) is 1. The van der Waals surface area contributed by atoms with Gasteiger partial charge in [0.1, 0.15) is 0 Å². The minimum atomic E-state index is 0.882. The summed E-state index contributed by atoms with van der Waals surface area (Å²) in [6, 6.07) is 9.51. The van der Waals surface area contributed by atoms with Crippen LogP contribution < -0.4 is 0 Å². The average molecular weight is 280 g/mol. The molecule has 16 heavy (non-hydrogen) atoms. The Hall–Kier alpha value is -0.340. The number of benzene rings is 1. The molecule has 3 rings (SSSR count). The first-order valence-electron chi connectivity index (χ1n) is 6.30. The predicted molar refractivity (Wildman–Crippen MR) is 70.3 cm³/mol. The summed E-state index contributed by atoms with van der Waals surface area (Å²) in [4.78, 5) is 2.69. The molecule has 0 spiro atoms. The molecule has 0 N–H and O–H groups in total. The van der Waals surface area contributed by atoms with Crippen molar-refractivity contribution >= 4 is 15.9 Å². The Morgan fingerprint density at radius 3 is 2.50 bits per heavy atom. The Balaban J connectivity index is 1.67. The Labute approximate surface area is 106 Å². The highest BCUT2D eigenvalue weighted by Crippen LogP contribution is 2.36. The van der Waals surface area contributed by atoms with Crippen molar-refractivity contribution in [2.75, 3.05) is 6.54 Å². The van der Waals surface area contributed by atoms with Gasteiger partial charge in [0.05, 0.1) is 0 Å². The molecule has 1 aromatic rings. The second-order valence-corrected chi connectivity index (χ2v) is 6.05. The van der Waals surface area contributed by atoms with Crippen molar-refractivity contribution in [3.05, 3.63) is 34.3 Å². The minimum absolute atomic E-state index is 0.882. The zero-order valence-corrected chi connectivity index (χ0v) is 11.1. The van der Waals surface area contributed by atoms with Crippen LogP contribution in [0.5, 0.6) is 0 Å². The Kier molecular flexibility index (Phi) is 3.03. The highest BCUT2D eigenvalue weighted by atomic mass is 79.9. The maximum Gasteiger partial charge on any atom is 0.0247 e. The van der Waals surface area contributed by atoms with Gasteiger partial charge >= 0.3 is 0 Å². The predicted octanol–water partition coefficient (Wildman–Crippen LogP) is 3.82. The summed E-state index contributed by atoms with van der Waals surface area (Å²) in [5.41, 5.74) is 1.44. The molecule has 0 unspecified atom stereocenters. The van der Waals surface area contributed by atoms with E-state index in [0.29, 0.717) is 0 Å². The SMILES string of the molecule is Brc1ccccc1CN(CC1CC1)C1CC1. The molecule has 0 saturated heterocycles. The molecule has 1 aromatic carbocycles. The van der Waals surface area contributed by atoms with Crippen LogP contribution in [0.1, 0.15) is 31.2 Å². The third kappa shape index (κ3) is 2.67. The van der Waals surface area contributed by atoms with E-state index in [4.69, 9.17) is 0 Å². The van der Waals surface area contributed by atoms with Gasteiger partial charge < -0.3 is 0 Å². The fraction of sp³-hybridized carbons (Fsp3) is 0.571. The second-order valence-electron chi connectivity index (χ2n) is 5.20. The molecule has 0 aromatic heterocycles. The Morgan fingerprint density at radius 2 is 1.88 bits per heavy atom. The van der Waals surface area contributed by atoms with Crippen LogP contribution in [0.2, 0.25) is 0 Å². The van der Waals surface area contributed by atoms with Crippen LogP contribution in [0, 0.1) is 5.92 Å². The second kappa shape index (κ2) is 4.50. The van der Waals surface area contributed by atoms with Gasteiger partial charge in [0.15, 0.2) is 0 Å². The quantitative estimate of drug-likeness (QED) is 0.792. The van der Waals surface area contributed by atoms with Gasteiger partial charge in [-0.15, -0.1) is 0 Å². The monoisotopic (exact) mass is 279 g/mol. The average Bonchev–Trinajstić information content (AvgIpc) is 3.15. The lowest BCUT2D eigenvalue weighted by Gasteiger charge is -2.22. The van der Waals surface area contributed by atoms with Crippen molar-refractivity contribution in [1.29, 1.82) is 0 Å². The van der Waals surface area contributed by atoms with E-state index < -0.39 is 0 Å². The third-order valence-electron chi connectivity index (χ3n) is 3.58. The van der Waals surface area contributed by atoms with Crippen molar-refractivity contribution in [3.8, 4) is 0 Å². The van der Waals surface area contributed by atoms with Gasteiger partial charge in [-0.05, 0) is 43.2 Å². The Morgan fingerprint density at radius 1 is 1.12 bits per heavy atom. The van der Waals surface area contributed by atoms with Gasteiger partial charge in [-0.25, -0.2) is 0 Å². The standard InChI is InChI=1S/C14H18BrN/c15-14-4-2-1-3-12(14)10-16(13-7-8-13)9-11-5-6-11/h1-4,11,13H,5-10H2. The van der Waals surface area contributed by atoms with E-state index in [-0.39, 0.29) is 0 Å².